The van der Waals surface area contributed by atoms with Gasteiger partial charge >= 0.3 is 0 Å². The van der Waals surface area contributed by atoms with Crippen molar-refractivity contribution in [3.8, 4) is 6.07 Å². The second-order valence-corrected chi connectivity index (χ2v) is 6.48. The molecular weight excluding hydrogens is 302 g/mol. The molecule has 108 valence electrons. The fraction of sp³-hybridized carbons (Fsp3) is 0. The topological polar surface area (TPSA) is 88.1 Å². The fourth-order valence-corrected chi connectivity index (χ4v) is 3.36. The lowest BCUT2D eigenvalue weighted by Crippen LogP contribution is -2.15. The van der Waals surface area contributed by atoms with Gasteiger partial charge in [-0.25, -0.2) is 8.42 Å². The number of nitriles is 1. The maximum absolute atomic E-state index is 12.6. The summed E-state index contributed by atoms with van der Waals surface area (Å²) < 4.78 is 30.4. The van der Waals surface area contributed by atoms with Gasteiger partial charge in [-0.3, -0.25) is 4.79 Å². The van der Waals surface area contributed by atoms with Crippen molar-refractivity contribution in [1.29, 1.82) is 5.26 Å². The van der Waals surface area contributed by atoms with Gasteiger partial charge in [0.25, 0.3) is 0 Å². The summed E-state index contributed by atoms with van der Waals surface area (Å²) in [6, 6.07) is 13.7. The van der Waals surface area contributed by atoms with Crippen LogP contribution in [-0.4, -0.2) is 8.42 Å². The van der Waals surface area contributed by atoms with E-state index in [1.54, 1.807) is 18.2 Å². The Morgan fingerprint density at radius 1 is 1.00 bits per heavy atom. The molecule has 5 nitrogen and oxygen atoms in total. The summed E-state index contributed by atoms with van der Waals surface area (Å²) in [5.41, 5.74) is 0.0574. The summed E-state index contributed by atoms with van der Waals surface area (Å²) in [6.45, 7) is 0. The van der Waals surface area contributed by atoms with E-state index in [0.29, 0.717) is 11.1 Å². The van der Waals surface area contributed by atoms with E-state index < -0.39 is 20.2 Å². The van der Waals surface area contributed by atoms with Crippen molar-refractivity contribution in [3.05, 3.63) is 70.6 Å². The van der Waals surface area contributed by atoms with Gasteiger partial charge in [0, 0.05) is 0 Å². The van der Waals surface area contributed by atoms with Crippen LogP contribution in [0.1, 0.15) is 5.56 Å². The van der Waals surface area contributed by atoms with E-state index in [1.807, 2.05) is 6.07 Å². The van der Waals surface area contributed by atoms with Gasteiger partial charge in [0.05, 0.1) is 21.9 Å². The van der Waals surface area contributed by atoms with Crippen LogP contribution in [0, 0.1) is 11.3 Å². The molecule has 0 saturated heterocycles. The number of rotatable bonds is 2. The molecule has 0 N–H and O–H groups in total. The van der Waals surface area contributed by atoms with Gasteiger partial charge in [0.2, 0.25) is 15.3 Å². The molecule has 0 aliphatic heterocycles. The number of fused-ring (bicyclic) bond motifs is 1. The molecule has 2 aromatic carbocycles. The molecule has 6 heteroatoms. The maximum atomic E-state index is 12.6. The Morgan fingerprint density at radius 3 is 2.36 bits per heavy atom. The lowest BCUT2D eigenvalue weighted by Gasteiger charge is -2.04. The van der Waals surface area contributed by atoms with Crippen LogP contribution in [0.4, 0.5) is 0 Å². The highest BCUT2D eigenvalue weighted by Crippen LogP contribution is 2.21. The van der Waals surface area contributed by atoms with Crippen LogP contribution in [0.15, 0.2) is 73.8 Å². The maximum Gasteiger partial charge on any atom is 0.213 e. The van der Waals surface area contributed by atoms with Gasteiger partial charge in [-0.2, -0.15) is 5.26 Å². The number of nitrogens with zero attached hydrogens (tertiary/aromatic N) is 1. The third-order valence-corrected chi connectivity index (χ3v) is 4.99. The average Bonchev–Trinajstić information content (AvgIpc) is 2.55. The first-order valence-corrected chi connectivity index (χ1v) is 7.78. The molecule has 3 rings (SSSR count). The highest BCUT2D eigenvalue weighted by molar-refractivity contribution is 7.91. The predicted molar refractivity (Wildman–Crippen MR) is 79.1 cm³/mol. The minimum atomic E-state index is -4.00. The number of para-hydroxylation sites is 1. The van der Waals surface area contributed by atoms with E-state index in [1.165, 1.54) is 30.3 Å². The van der Waals surface area contributed by atoms with E-state index in [4.69, 9.17) is 9.68 Å². The summed E-state index contributed by atoms with van der Waals surface area (Å²) in [4.78, 5) is 11.9. The Morgan fingerprint density at radius 2 is 1.68 bits per heavy atom. The first kappa shape index (κ1) is 14.0. The van der Waals surface area contributed by atoms with Gasteiger partial charge in [0.1, 0.15) is 11.8 Å². The molecule has 0 aliphatic carbocycles. The van der Waals surface area contributed by atoms with Crippen molar-refractivity contribution in [2.45, 2.75) is 9.79 Å². The van der Waals surface area contributed by atoms with E-state index in [2.05, 4.69) is 0 Å². The zero-order valence-corrected chi connectivity index (χ0v) is 12.0. The molecule has 0 spiro atoms. The van der Waals surface area contributed by atoms with Crippen LogP contribution in [0.5, 0.6) is 0 Å². The molecule has 0 fully saturated rings. The molecular formula is C16H9NO4S. The first-order chi connectivity index (χ1) is 10.5. The number of hydrogen-bond acceptors (Lipinski definition) is 5. The molecule has 1 heterocycles. The van der Waals surface area contributed by atoms with E-state index in [9.17, 15) is 13.2 Å². The normalized spacial score (nSPS) is 11.2. The van der Waals surface area contributed by atoms with E-state index in [0.717, 1.165) is 6.26 Å². The monoisotopic (exact) mass is 311 g/mol. The first-order valence-electron chi connectivity index (χ1n) is 6.30. The average molecular weight is 311 g/mol. The molecule has 0 atom stereocenters. The van der Waals surface area contributed by atoms with Gasteiger partial charge in [-0.1, -0.05) is 12.1 Å². The van der Waals surface area contributed by atoms with Gasteiger partial charge in [-0.05, 0) is 36.4 Å². The zero-order valence-electron chi connectivity index (χ0n) is 11.2. The lowest BCUT2D eigenvalue weighted by atomic mass is 10.2. The summed E-state index contributed by atoms with van der Waals surface area (Å²) in [7, 11) is -4.00. The van der Waals surface area contributed by atoms with E-state index >= 15 is 0 Å². The molecule has 0 bridgehead atoms. The van der Waals surface area contributed by atoms with Crippen molar-refractivity contribution in [2.75, 3.05) is 0 Å². The Kier molecular flexibility index (Phi) is 3.28. The zero-order chi connectivity index (χ0) is 15.7. The van der Waals surface area contributed by atoms with Crippen molar-refractivity contribution in [1.82, 2.24) is 0 Å². The fourth-order valence-electron chi connectivity index (χ4n) is 2.08. The molecule has 0 aliphatic rings. The molecule has 22 heavy (non-hydrogen) atoms. The van der Waals surface area contributed by atoms with Crippen molar-refractivity contribution >= 4 is 20.8 Å². The minimum Gasteiger partial charge on any atom is -0.463 e. The number of hydrogen-bond donors (Lipinski definition) is 0. The van der Waals surface area contributed by atoms with Crippen LogP contribution in [0.25, 0.3) is 11.0 Å². The predicted octanol–water partition coefficient (Wildman–Crippen LogP) is 2.50. The summed E-state index contributed by atoms with van der Waals surface area (Å²) in [5.74, 6) is 0. The smallest absolute Gasteiger partial charge is 0.213 e. The molecule has 0 radical (unpaired) electrons. The summed E-state index contributed by atoms with van der Waals surface area (Å²) in [6.07, 6.45) is 0.957. The largest absolute Gasteiger partial charge is 0.463 e. The number of sulfone groups is 1. The standard InChI is InChI=1S/C16H9NO4S/c17-9-11-5-7-12(8-6-11)22(19,20)15-10-21-14-4-2-1-3-13(14)16(15)18/h1-8,10H. The molecule has 1 aromatic heterocycles. The Labute approximate surface area is 126 Å². The number of benzene rings is 2. The SMILES string of the molecule is N#Cc1ccc(S(=O)(=O)c2coc3ccccc3c2=O)cc1. The highest BCUT2D eigenvalue weighted by Gasteiger charge is 2.23. The van der Waals surface area contributed by atoms with Crippen molar-refractivity contribution < 1.29 is 12.8 Å². The van der Waals surface area contributed by atoms with E-state index in [-0.39, 0.29) is 10.3 Å². The Bertz CT molecular complexity index is 1060. The van der Waals surface area contributed by atoms with Gasteiger partial charge in [-0.15, -0.1) is 0 Å². The highest BCUT2D eigenvalue weighted by atomic mass is 32.2. The third-order valence-electron chi connectivity index (χ3n) is 3.23. The lowest BCUT2D eigenvalue weighted by molar-refractivity contribution is 0.566. The van der Waals surface area contributed by atoms with Crippen LogP contribution >= 0.6 is 0 Å². The van der Waals surface area contributed by atoms with Crippen LogP contribution in [-0.2, 0) is 9.84 Å². The molecule has 0 unspecified atom stereocenters. The molecule has 0 amide bonds. The van der Waals surface area contributed by atoms with Gasteiger partial charge < -0.3 is 4.42 Å². The molecule has 3 aromatic rings. The Balaban J connectivity index is 2.23. The van der Waals surface area contributed by atoms with Crippen LogP contribution in [0.2, 0.25) is 0 Å². The second-order valence-electron chi connectivity index (χ2n) is 4.56. The van der Waals surface area contributed by atoms with Crippen LogP contribution in [0.3, 0.4) is 0 Å². The summed E-state index contributed by atoms with van der Waals surface area (Å²) in [5, 5.41) is 8.95. The quantitative estimate of drug-likeness (QED) is 0.725. The Hall–Kier alpha value is -2.91. The second kappa shape index (κ2) is 5.13. The van der Waals surface area contributed by atoms with Crippen LogP contribution < -0.4 is 5.43 Å². The summed E-state index contributed by atoms with van der Waals surface area (Å²) >= 11 is 0. The molecule has 0 saturated carbocycles. The minimum absolute atomic E-state index is 0.0610. The van der Waals surface area contributed by atoms with Crippen molar-refractivity contribution in [3.63, 3.8) is 0 Å². The third kappa shape index (κ3) is 2.18. The van der Waals surface area contributed by atoms with Crippen molar-refractivity contribution in [2.24, 2.45) is 0 Å². The van der Waals surface area contributed by atoms with Gasteiger partial charge in [0.15, 0.2) is 4.90 Å².